The van der Waals surface area contributed by atoms with E-state index in [0.717, 1.165) is 24.1 Å². The summed E-state index contributed by atoms with van der Waals surface area (Å²) in [6.07, 6.45) is 1.94. The largest absolute Gasteiger partial charge is 0.395 e. The Kier molecular flexibility index (Phi) is 5.78. The van der Waals surface area contributed by atoms with Crippen molar-refractivity contribution in [2.45, 2.75) is 46.6 Å². The molecule has 0 aromatic carbocycles. The zero-order chi connectivity index (χ0) is 14.4. The van der Waals surface area contributed by atoms with Crippen molar-refractivity contribution in [1.82, 2.24) is 4.98 Å². The van der Waals surface area contributed by atoms with Crippen molar-refractivity contribution in [2.75, 3.05) is 18.1 Å². The standard InChI is InChI=1S/C15H23N3O/c1-5-13(6-2)18(7-8-19)15-14(10-16)11(3)9-12(4)17-15/h9,13,19H,5-8H2,1-4H3. The molecule has 0 unspecified atom stereocenters. The summed E-state index contributed by atoms with van der Waals surface area (Å²) in [6.45, 7) is 8.68. The van der Waals surface area contributed by atoms with Crippen LogP contribution in [0, 0.1) is 25.2 Å². The maximum Gasteiger partial charge on any atom is 0.147 e. The number of aromatic nitrogens is 1. The molecule has 0 amide bonds. The van der Waals surface area contributed by atoms with E-state index >= 15 is 0 Å². The monoisotopic (exact) mass is 261 g/mol. The minimum Gasteiger partial charge on any atom is -0.395 e. The molecule has 1 rings (SSSR count). The van der Waals surface area contributed by atoms with Gasteiger partial charge in [-0.05, 0) is 38.3 Å². The number of pyridine rings is 1. The molecule has 0 aliphatic rings. The van der Waals surface area contributed by atoms with Gasteiger partial charge in [-0.2, -0.15) is 5.26 Å². The molecule has 0 bridgehead atoms. The van der Waals surface area contributed by atoms with E-state index in [9.17, 15) is 10.4 Å². The lowest BCUT2D eigenvalue weighted by molar-refractivity contribution is 0.295. The van der Waals surface area contributed by atoms with Crippen LogP contribution in [0.1, 0.15) is 43.5 Å². The van der Waals surface area contributed by atoms with Crippen LogP contribution in [-0.2, 0) is 0 Å². The zero-order valence-electron chi connectivity index (χ0n) is 12.3. The normalized spacial score (nSPS) is 10.6. The van der Waals surface area contributed by atoms with Gasteiger partial charge in [0, 0.05) is 18.3 Å². The highest BCUT2D eigenvalue weighted by molar-refractivity contribution is 5.58. The van der Waals surface area contributed by atoms with Gasteiger partial charge in [-0.1, -0.05) is 13.8 Å². The Labute approximate surface area is 115 Å². The minimum absolute atomic E-state index is 0.0655. The summed E-state index contributed by atoms with van der Waals surface area (Å²) < 4.78 is 0. The number of hydrogen-bond acceptors (Lipinski definition) is 4. The quantitative estimate of drug-likeness (QED) is 0.855. The summed E-state index contributed by atoms with van der Waals surface area (Å²) in [5, 5.41) is 18.6. The fourth-order valence-corrected chi connectivity index (χ4v) is 2.46. The van der Waals surface area contributed by atoms with Crippen LogP contribution in [0.4, 0.5) is 5.82 Å². The minimum atomic E-state index is 0.0655. The van der Waals surface area contributed by atoms with Crippen molar-refractivity contribution in [2.24, 2.45) is 0 Å². The fraction of sp³-hybridized carbons (Fsp3) is 0.600. The predicted octanol–water partition coefficient (Wildman–Crippen LogP) is 2.56. The third-order valence-electron chi connectivity index (χ3n) is 3.43. The molecule has 0 atom stereocenters. The molecular weight excluding hydrogens is 238 g/mol. The molecule has 1 N–H and O–H groups in total. The Balaban J connectivity index is 3.33. The zero-order valence-corrected chi connectivity index (χ0v) is 12.3. The van der Waals surface area contributed by atoms with E-state index in [0.29, 0.717) is 24.0 Å². The van der Waals surface area contributed by atoms with Crippen LogP contribution in [0.15, 0.2) is 6.07 Å². The molecule has 1 aromatic rings. The maximum atomic E-state index is 9.36. The van der Waals surface area contributed by atoms with E-state index in [4.69, 9.17) is 0 Å². The second kappa shape index (κ2) is 7.10. The van der Waals surface area contributed by atoms with Crippen molar-refractivity contribution >= 4 is 5.82 Å². The average Bonchev–Trinajstić information content (AvgIpc) is 2.38. The van der Waals surface area contributed by atoms with Crippen LogP contribution in [0.2, 0.25) is 0 Å². The topological polar surface area (TPSA) is 60.1 Å². The summed E-state index contributed by atoms with van der Waals surface area (Å²) in [4.78, 5) is 6.60. The summed E-state index contributed by atoms with van der Waals surface area (Å²) >= 11 is 0. The molecule has 1 heterocycles. The number of aliphatic hydroxyl groups excluding tert-OH is 1. The Hall–Kier alpha value is -1.60. The van der Waals surface area contributed by atoms with Gasteiger partial charge in [0.15, 0.2) is 0 Å². The molecule has 4 heteroatoms. The molecule has 1 aromatic heterocycles. The SMILES string of the molecule is CCC(CC)N(CCO)c1nc(C)cc(C)c1C#N. The van der Waals surface area contributed by atoms with E-state index < -0.39 is 0 Å². The van der Waals surface area contributed by atoms with E-state index in [2.05, 4.69) is 29.8 Å². The molecule has 0 aliphatic carbocycles. The smallest absolute Gasteiger partial charge is 0.147 e. The third-order valence-corrected chi connectivity index (χ3v) is 3.43. The van der Waals surface area contributed by atoms with Gasteiger partial charge in [-0.15, -0.1) is 0 Å². The number of rotatable bonds is 6. The lowest BCUT2D eigenvalue weighted by atomic mass is 10.1. The Bertz CT molecular complexity index is 461. The number of aryl methyl sites for hydroxylation is 2. The van der Waals surface area contributed by atoms with Gasteiger partial charge >= 0.3 is 0 Å². The second-order valence-electron chi connectivity index (χ2n) is 4.78. The maximum absolute atomic E-state index is 9.36. The molecule has 0 aliphatic heterocycles. The first-order chi connectivity index (χ1) is 9.08. The van der Waals surface area contributed by atoms with Crippen LogP contribution in [-0.4, -0.2) is 29.3 Å². The van der Waals surface area contributed by atoms with Gasteiger partial charge in [0.1, 0.15) is 11.9 Å². The average molecular weight is 261 g/mol. The molecule has 0 saturated heterocycles. The first-order valence-corrected chi connectivity index (χ1v) is 6.84. The number of aliphatic hydroxyl groups is 1. The highest BCUT2D eigenvalue weighted by Gasteiger charge is 2.21. The molecule has 4 nitrogen and oxygen atoms in total. The van der Waals surface area contributed by atoms with Crippen molar-refractivity contribution < 1.29 is 5.11 Å². The number of nitrogens with zero attached hydrogens (tertiary/aromatic N) is 3. The summed E-state index contributed by atoms with van der Waals surface area (Å²) in [7, 11) is 0. The molecule has 0 spiro atoms. The molecular formula is C15H23N3O. The van der Waals surface area contributed by atoms with E-state index in [1.54, 1.807) is 0 Å². The molecule has 0 fully saturated rings. The molecule has 0 saturated carbocycles. The first kappa shape index (κ1) is 15.5. The summed E-state index contributed by atoms with van der Waals surface area (Å²) in [6, 6.07) is 4.47. The Morgan fingerprint density at radius 1 is 1.37 bits per heavy atom. The second-order valence-corrected chi connectivity index (χ2v) is 4.78. The number of nitriles is 1. The van der Waals surface area contributed by atoms with Crippen molar-refractivity contribution in [1.29, 1.82) is 5.26 Å². The third kappa shape index (κ3) is 3.45. The number of hydrogen-bond donors (Lipinski definition) is 1. The van der Waals surface area contributed by atoms with E-state index in [1.165, 1.54) is 0 Å². The number of anilines is 1. The van der Waals surface area contributed by atoms with Gasteiger partial charge < -0.3 is 10.0 Å². The van der Waals surface area contributed by atoms with Crippen molar-refractivity contribution in [3.8, 4) is 6.07 Å². The molecule has 19 heavy (non-hydrogen) atoms. The van der Waals surface area contributed by atoms with Crippen LogP contribution in [0.3, 0.4) is 0 Å². The van der Waals surface area contributed by atoms with Gasteiger partial charge in [0.05, 0.1) is 12.2 Å². The first-order valence-electron chi connectivity index (χ1n) is 6.84. The fourth-order valence-electron chi connectivity index (χ4n) is 2.46. The van der Waals surface area contributed by atoms with Crippen molar-refractivity contribution in [3.63, 3.8) is 0 Å². The van der Waals surface area contributed by atoms with Crippen LogP contribution >= 0.6 is 0 Å². The lowest BCUT2D eigenvalue weighted by Gasteiger charge is -2.32. The van der Waals surface area contributed by atoms with Gasteiger partial charge in [0.2, 0.25) is 0 Å². The Morgan fingerprint density at radius 3 is 2.47 bits per heavy atom. The lowest BCUT2D eigenvalue weighted by Crippen LogP contribution is -2.38. The highest BCUT2D eigenvalue weighted by Crippen LogP contribution is 2.25. The Morgan fingerprint density at radius 2 is 2.00 bits per heavy atom. The van der Waals surface area contributed by atoms with Gasteiger partial charge in [-0.3, -0.25) is 0 Å². The summed E-state index contributed by atoms with van der Waals surface area (Å²) in [5.74, 6) is 0.711. The van der Waals surface area contributed by atoms with Crippen LogP contribution in [0.25, 0.3) is 0 Å². The van der Waals surface area contributed by atoms with Crippen LogP contribution < -0.4 is 4.90 Å². The van der Waals surface area contributed by atoms with Gasteiger partial charge in [-0.25, -0.2) is 4.98 Å². The van der Waals surface area contributed by atoms with E-state index in [-0.39, 0.29) is 6.61 Å². The van der Waals surface area contributed by atoms with Crippen molar-refractivity contribution in [3.05, 3.63) is 22.9 Å². The molecule has 104 valence electrons. The van der Waals surface area contributed by atoms with Crippen LogP contribution in [0.5, 0.6) is 0 Å². The highest BCUT2D eigenvalue weighted by atomic mass is 16.3. The van der Waals surface area contributed by atoms with Gasteiger partial charge in [0.25, 0.3) is 0 Å². The molecule has 0 radical (unpaired) electrons. The van der Waals surface area contributed by atoms with E-state index in [1.807, 2.05) is 19.9 Å². The predicted molar refractivity (Wildman–Crippen MR) is 77.2 cm³/mol. The summed E-state index contributed by atoms with van der Waals surface area (Å²) in [5.41, 5.74) is 2.46.